The number of rotatable bonds is 3. The van der Waals surface area contributed by atoms with Crippen LogP contribution in [0.15, 0.2) is 36.5 Å². The number of carbonyl (C=O) groups is 1. The highest BCUT2D eigenvalue weighted by Gasteiger charge is 2.30. The first-order valence-corrected chi connectivity index (χ1v) is 9.10. The van der Waals surface area contributed by atoms with E-state index in [-0.39, 0.29) is 11.8 Å². The van der Waals surface area contributed by atoms with Crippen LogP contribution in [-0.2, 0) is 4.79 Å². The first-order chi connectivity index (χ1) is 12.6. The number of halogens is 1. The largest absolute Gasteiger partial charge is 0.492 e. The summed E-state index contributed by atoms with van der Waals surface area (Å²) in [5.74, 6) is 0.755. The normalized spacial score (nSPS) is 19.8. The lowest BCUT2D eigenvalue weighted by Gasteiger charge is -2.33. The van der Waals surface area contributed by atoms with Gasteiger partial charge >= 0.3 is 0 Å². The summed E-state index contributed by atoms with van der Waals surface area (Å²) in [6.45, 7) is 4.38. The third kappa shape index (κ3) is 3.48. The van der Waals surface area contributed by atoms with E-state index in [1.807, 2.05) is 18.3 Å². The molecule has 1 fully saturated rings. The number of aromatic nitrogens is 1. The lowest BCUT2D eigenvalue weighted by atomic mass is 10.0. The average molecular weight is 373 g/mol. The molecule has 7 heteroatoms. The van der Waals surface area contributed by atoms with Gasteiger partial charge in [0.1, 0.15) is 24.1 Å². The van der Waals surface area contributed by atoms with Crippen molar-refractivity contribution in [3.05, 3.63) is 47.1 Å². The Morgan fingerprint density at radius 2 is 2.04 bits per heavy atom. The van der Waals surface area contributed by atoms with Gasteiger partial charge in [0.25, 0.3) is 0 Å². The van der Waals surface area contributed by atoms with Crippen LogP contribution in [0.1, 0.15) is 11.5 Å². The molecule has 6 nitrogen and oxygen atoms in total. The number of amides is 1. The van der Waals surface area contributed by atoms with E-state index < -0.39 is 0 Å². The van der Waals surface area contributed by atoms with E-state index in [0.717, 1.165) is 37.4 Å². The van der Waals surface area contributed by atoms with Crippen molar-refractivity contribution in [1.29, 1.82) is 0 Å². The zero-order chi connectivity index (χ0) is 18.1. The van der Waals surface area contributed by atoms with Gasteiger partial charge < -0.3 is 19.9 Å². The maximum atomic E-state index is 12.6. The predicted octanol–water partition coefficient (Wildman–Crippen LogP) is 2.60. The topological polar surface area (TPSA) is 57.7 Å². The molecule has 1 amide bonds. The zero-order valence-corrected chi connectivity index (χ0v) is 15.4. The Morgan fingerprint density at radius 3 is 2.77 bits per heavy atom. The molecule has 26 heavy (non-hydrogen) atoms. The Hall–Kier alpha value is -2.31. The predicted molar refractivity (Wildman–Crippen MR) is 102 cm³/mol. The molecular formula is C19H21ClN4O2. The highest BCUT2D eigenvalue weighted by atomic mass is 35.5. The van der Waals surface area contributed by atoms with Gasteiger partial charge in [0.2, 0.25) is 5.91 Å². The first kappa shape index (κ1) is 17.1. The van der Waals surface area contributed by atoms with Gasteiger partial charge in [0, 0.05) is 36.8 Å². The maximum absolute atomic E-state index is 12.6. The van der Waals surface area contributed by atoms with E-state index in [2.05, 4.69) is 27.1 Å². The monoisotopic (exact) mass is 372 g/mol. The maximum Gasteiger partial charge on any atom is 0.236 e. The van der Waals surface area contributed by atoms with Gasteiger partial charge in [-0.1, -0.05) is 11.6 Å². The minimum Gasteiger partial charge on any atom is -0.492 e. The van der Waals surface area contributed by atoms with E-state index in [4.69, 9.17) is 16.3 Å². The van der Waals surface area contributed by atoms with Crippen LogP contribution in [-0.4, -0.2) is 55.6 Å². The number of hydrogen-bond acceptors (Lipinski definition) is 5. The van der Waals surface area contributed by atoms with Gasteiger partial charge in [-0.3, -0.25) is 4.79 Å². The fourth-order valence-corrected chi connectivity index (χ4v) is 3.51. The van der Waals surface area contributed by atoms with E-state index >= 15 is 0 Å². The summed E-state index contributed by atoms with van der Waals surface area (Å²) < 4.78 is 5.58. The van der Waals surface area contributed by atoms with Crippen LogP contribution < -0.4 is 15.0 Å². The molecule has 4 rings (SSSR count). The van der Waals surface area contributed by atoms with Crippen LogP contribution in [0.5, 0.6) is 5.75 Å². The Morgan fingerprint density at radius 1 is 1.23 bits per heavy atom. The Balaban J connectivity index is 1.42. The molecular weight excluding hydrogens is 352 g/mol. The summed E-state index contributed by atoms with van der Waals surface area (Å²) in [6, 6.07) is 9.20. The molecule has 2 aliphatic rings. The molecule has 0 bridgehead atoms. The van der Waals surface area contributed by atoms with E-state index in [0.29, 0.717) is 23.2 Å². The lowest BCUT2D eigenvalue weighted by molar-refractivity contribution is -0.117. The van der Waals surface area contributed by atoms with Crippen molar-refractivity contribution in [2.75, 3.05) is 50.1 Å². The number of fused-ring (bicyclic) bond motifs is 1. The molecule has 0 spiro atoms. The van der Waals surface area contributed by atoms with Crippen molar-refractivity contribution in [3.63, 3.8) is 0 Å². The van der Waals surface area contributed by atoms with Gasteiger partial charge in [0.05, 0.1) is 11.9 Å². The molecule has 1 N–H and O–H groups in total. The number of piperazine rings is 1. The summed E-state index contributed by atoms with van der Waals surface area (Å²) in [4.78, 5) is 21.6. The quantitative estimate of drug-likeness (QED) is 0.897. The highest BCUT2D eigenvalue weighted by Crippen LogP contribution is 2.36. The number of hydrogen-bond donors (Lipinski definition) is 1. The Bertz CT molecular complexity index is 804. The van der Waals surface area contributed by atoms with Crippen LogP contribution in [0.2, 0.25) is 5.02 Å². The fourth-order valence-electron chi connectivity index (χ4n) is 3.33. The van der Waals surface area contributed by atoms with Crippen molar-refractivity contribution in [2.24, 2.45) is 0 Å². The smallest absolute Gasteiger partial charge is 0.236 e. The standard InChI is InChI=1S/C19H21ClN4O2/c1-23-6-8-24(9-7-23)14-3-5-18(21-11-14)22-19(25)16-12-26-17-4-2-13(20)10-15(16)17/h2-5,10-11,16H,6-9,12H2,1H3,(H,21,22,25). The molecule has 0 aliphatic carbocycles. The molecule has 1 atom stereocenters. The lowest BCUT2D eigenvalue weighted by Crippen LogP contribution is -2.44. The van der Waals surface area contributed by atoms with E-state index in [9.17, 15) is 4.79 Å². The number of carbonyl (C=O) groups excluding carboxylic acids is 1. The minimum atomic E-state index is -0.372. The second kappa shape index (κ2) is 7.13. The van der Waals surface area contributed by atoms with Gasteiger partial charge in [-0.05, 0) is 37.4 Å². The number of ether oxygens (including phenoxy) is 1. The Labute approximate surface area is 157 Å². The summed E-state index contributed by atoms with van der Waals surface area (Å²) in [5.41, 5.74) is 1.90. The highest BCUT2D eigenvalue weighted by molar-refractivity contribution is 6.30. The van der Waals surface area contributed by atoms with Crippen LogP contribution in [0.3, 0.4) is 0 Å². The molecule has 3 heterocycles. The van der Waals surface area contributed by atoms with Crippen LogP contribution in [0, 0.1) is 0 Å². The number of nitrogens with zero attached hydrogens (tertiary/aromatic N) is 3. The van der Waals surface area contributed by atoms with Crippen molar-refractivity contribution in [3.8, 4) is 5.75 Å². The summed E-state index contributed by atoms with van der Waals surface area (Å²) in [7, 11) is 2.13. The Kier molecular flexibility index (Phi) is 4.70. The fraction of sp³-hybridized carbons (Fsp3) is 0.368. The van der Waals surface area contributed by atoms with Crippen LogP contribution >= 0.6 is 11.6 Å². The van der Waals surface area contributed by atoms with Crippen molar-refractivity contribution in [2.45, 2.75) is 5.92 Å². The SMILES string of the molecule is CN1CCN(c2ccc(NC(=O)C3COc4ccc(Cl)cc43)nc2)CC1. The molecule has 1 unspecified atom stereocenters. The number of pyridine rings is 1. The molecule has 2 aromatic rings. The minimum absolute atomic E-state index is 0.133. The molecule has 1 aromatic heterocycles. The van der Waals surface area contributed by atoms with Crippen molar-refractivity contribution in [1.82, 2.24) is 9.88 Å². The van der Waals surface area contributed by atoms with Gasteiger partial charge in [-0.15, -0.1) is 0 Å². The second-order valence-corrected chi connectivity index (χ2v) is 7.16. The van der Waals surface area contributed by atoms with Gasteiger partial charge in [0.15, 0.2) is 0 Å². The molecule has 0 saturated carbocycles. The third-order valence-corrected chi connectivity index (χ3v) is 5.17. The third-order valence-electron chi connectivity index (χ3n) is 4.94. The zero-order valence-electron chi connectivity index (χ0n) is 14.6. The summed E-state index contributed by atoms with van der Waals surface area (Å²) >= 11 is 6.05. The summed E-state index contributed by atoms with van der Waals surface area (Å²) in [5, 5.41) is 3.48. The first-order valence-electron chi connectivity index (χ1n) is 8.73. The summed E-state index contributed by atoms with van der Waals surface area (Å²) in [6.07, 6.45) is 1.82. The molecule has 1 aromatic carbocycles. The number of anilines is 2. The molecule has 2 aliphatic heterocycles. The number of nitrogens with one attached hydrogen (secondary N) is 1. The van der Waals surface area contributed by atoms with Gasteiger partial charge in [-0.25, -0.2) is 4.98 Å². The van der Waals surface area contributed by atoms with Crippen molar-refractivity contribution < 1.29 is 9.53 Å². The van der Waals surface area contributed by atoms with Gasteiger partial charge in [-0.2, -0.15) is 0 Å². The van der Waals surface area contributed by atoms with Crippen LogP contribution in [0.25, 0.3) is 0 Å². The average Bonchev–Trinajstić information content (AvgIpc) is 3.06. The second-order valence-electron chi connectivity index (χ2n) is 6.73. The number of likely N-dealkylation sites (N-methyl/N-ethyl adjacent to an activating group) is 1. The molecule has 1 saturated heterocycles. The number of benzene rings is 1. The van der Waals surface area contributed by atoms with Crippen LogP contribution in [0.4, 0.5) is 11.5 Å². The molecule has 0 radical (unpaired) electrons. The van der Waals surface area contributed by atoms with E-state index in [1.165, 1.54) is 0 Å². The van der Waals surface area contributed by atoms with Crippen molar-refractivity contribution >= 4 is 29.0 Å². The molecule has 136 valence electrons. The van der Waals surface area contributed by atoms with E-state index in [1.54, 1.807) is 18.2 Å².